The van der Waals surface area contributed by atoms with Gasteiger partial charge in [0.15, 0.2) is 0 Å². The summed E-state index contributed by atoms with van der Waals surface area (Å²) in [7, 11) is 0. The van der Waals surface area contributed by atoms with Crippen LogP contribution < -0.4 is 10.9 Å². The third-order valence-corrected chi connectivity index (χ3v) is 3.20. The van der Waals surface area contributed by atoms with Gasteiger partial charge in [-0.25, -0.2) is 4.68 Å². The predicted molar refractivity (Wildman–Crippen MR) is 74.4 cm³/mol. The van der Waals surface area contributed by atoms with E-state index in [2.05, 4.69) is 32.3 Å². The normalized spacial score (nSPS) is 11.1. The lowest BCUT2D eigenvalue weighted by Crippen LogP contribution is -2.34. The molecule has 1 aromatic heterocycles. The van der Waals surface area contributed by atoms with Gasteiger partial charge >= 0.3 is 0 Å². The van der Waals surface area contributed by atoms with Gasteiger partial charge in [-0.15, -0.1) is 6.42 Å². The molecule has 0 radical (unpaired) electrons. The number of rotatable bonds is 5. The molecule has 1 rings (SSSR count). The van der Waals surface area contributed by atoms with Crippen LogP contribution in [0.2, 0.25) is 0 Å². The predicted octanol–water partition coefficient (Wildman–Crippen LogP) is 1.21. The third kappa shape index (κ3) is 3.59. The zero-order valence-corrected chi connectivity index (χ0v) is 12.0. The summed E-state index contributed by atoms with van der Waals surface area (Å²) >= 11 is 3.24. The maximum atomic E-state index is 11.9. The number of aliphatic hydroxyl groups is 1. The summed E-state index contributed by atoms with van der Waals surface area (Å²) in [4.78, 5) is 11.9. The second-order valence-corrected chi connectivity index (χ2v) is 5.31. The van der Waals surface area contributed by atoms with Gasteiger partial charge in [-0.2, -0.15) is 5.10 Å². The average molecular weight is 314 g/mol. The van der Waals surface area contributed by atoms with E-state index in [1.54, 1.807) is 6.20 Å². The molecular weight excluding hydrogens is 298 g/mol. The van der Waals surface area contributed by atoms with Gasteiger partial charge in [0.1, 0.15) is 11.0 Å². The van der Waals surface area contributed by atoms with Crippen LogP contribution in [-0.4, -0.2) is 27.0 Å². The molecule has 0 aliphatic heterocycles. The Labute approximate surface area is 114 Å². The molecule has 0 fully saturated rings. The molecule has 0 atom stereocenters. The molecule has 18 heavy (non-hydrogen) atoms. The highest BCUT2D eigenvalue weighted by atomic mass is 79.9. The molecule has 98 valence electrons. The number of terminal acetylenes is 1. The van der Waals surface area contributed by atoms with E-state index in [4.69, 9.17) is 11.5 Å². The van der Waals surface area contributed by atoms with E-state index in [1.807, 2.05) is 13.8 Å². The van der Waals surface area contributed by atoms with Gasteiger partial charge in [0.25, 0.3) is 5.56 Å². The zero-order valence-electron chi connectivity index (χ0n) is 10.4. The standard InChI is InChI=1S/C12H16BrN3O2/c1-4-6-16-11(18)10(13)9(8-14-16)15-12(2,3)5-7-17/h1,8,15,17H,5-7H2,2-3H3. The average Bonchev–Trinajstić information content (AvgIpc) is 2.29. The second-order valence-electron chi connectivity index (χ2n) is 4.52. The van der Waals surface area contributed by atoms with E-state index in [-0.39, 0.29) is 24.2 Å². The van der Waals surface area contributed by atoms with Crippen molar-refractivity contribution in [2.75, 3.05) is 11.9 Å². The van der Waals surface area contributed by atoms with E-state index >= 15 is 0 Å². The maximum Gasteiger partial charge on any atom is 0.284 e. The van der Waals surface area contributed by atoms with Gasteiger partial charge in [0.2, 0.25) is 0 Å². The zero-order chi connectivity index (χ0) is 13.8. The molecule has 5 nitrogen and oxygen atoms in total. The number of aliphatic hydroxyl groups excluding tert-OH is 1. The first-order valence-electron chi connectivity index (χ1n) is 5.49. The van der Waals surface area contributed by atoms with Crippen LogP contribution in [0.3, 0.4) is 0 Å². The summed E-state index contributed by atoms with van der Waals surface area (Å²) in [5.41, 5.74) is -0.0200. The summed E-state index contributed by atoms with van der Waals surface area (Å²) in [6, 6.07) is 0. The molecule has 0 bridgehead atoms. The van der Waals surface area contributed by atoms with Crippen molar-refractivity contribution in [3.8, 4) is 12.3 Å². The Bertz CT molecular complexity index is 517. The highest BCUT2D eigenvalue weighted by Gasteiger charge is 2.19. The molecule has 0 amide bonds. The fraction of sp³-hybridized carbons (Fsp3) is 0.500. The molecule has 0 aliphatic rings. The van der Waals surface area contributed by atoms with Crippen molar-refractivity contribution in [1.82, 2.24) is 9.78 Å². The SMILES string of the molecule is C#CCn1ncc(NC(C)(C)CCO)c(Br)c1=O. The third-order valence-electron chi connectivity index (χ3n) is 2.44. The van der Waals surface area contributed by atoms with Gasteiger partial charge in [-0.3, -0.25) is 4.79 Å². The van der Waals surface area contributed by atoms with Gasteiger partial charge in [0.05, 0.1) is 11.9 Å². The minimum atomic E-state index is -0.330. The minimum absolute atomic E-state index is 0.0687. The van der Waals surface area contributed by atoms with Crippen LogP contribution in [0, 0.1) is 12.3 Å². The number of aromatic nitrogens is 2. The van der Waals surface area contributed by atoms with Crippen molar-refractivity contribution in [3.63, 3.8) is 0 Å². The van der Waals surface area contributed by atoms with E-state index < -0.39 is 0 Å². The molecule has 0 aliphatic carbocycles. The molecule has 0 unspecified atom stereocenters. The molecule has 1 heterocycles. The van der Waals surface area contributed by atoms with Gasteiger partial charge < -0.3 is 10.4 Å². The fourth-order valence-electron chi connectivity index (χ4n) is 1.46. The van der Waals surface area contributed by atoms with E-state index in [0.717, 1.165) is 0 Å². The van der Waals surface area contributed by atoms with Crippen LogP contribution in [0.4, 0.5) is 5.69 Å². The lowest BCUT2D eigenvalue weighted by molar-refractivity contribution is 0.261. The number of hydrogen-bond donors (Lipinski definition) is 2. The molecule has 2 N–H and O–H groups in total. The van der Waals surface area contributed by atoms with Crippen molar-refractivity contribution in [2.24, 2.45) is 0 Å². The summed E-state index contributed by atoms with van der Waals surface area (Å²) in [5.74, 6) is 2.37. The Morgan fingerprint density at radius 3 is 2.89 bits per heavy atom. The quantitative estimate of drug-likeness (QED) is 0.802. The van der Waals surface area contributed by atoms with Crippen molar-refractivity contribution in [2.45, 2.75) is 32.4 Å². The molecule has 1 aromatic rings. The maximum absolute atomic E-state index is 11.9. The van der Waals surface area contributed by atoms with E-state index in [0.29, 0.717) is 16.6 Å². The first-order valence-corrected chi connectivity index (χ1v) is 6.28. The number of halogens is 1. The molecular formula is C12H16BrN3O2. The molecule has 0 saturated carbocycles. The van der Waals surface area contributed by atoms with Crippen molar-refractivity contribution < 1.29 is 5.11 Å². The van der Waals surface area contributed by atoms with Crippen LogP contribution in [0.1, 0.15) is 20.3 Å². The number of nitrogens with one attached hydrogen (secondary N) is 1. The van der Waals surface area contributed by atoms with Crippen LogP contribution in [0.15, 0.2) is 15.5 Å². The Kier molecular flexibility index (Phi) is 4.93. The van der Waals surface area contributed by atoms with Crippen LogP contribution >= 0.6 is 15.9 Å². The second kappa shape index (κ2) is 6.03. The van der Waals surface area contributed by atoms with Crippen molar-refractivity contribution in [3.05, 3.63) is 21.0 Å². The largest absolute Gasteiger partial charge is 0.396 e. The molecule has 0 aromatic carbocycles. The van der Waals surface area contributed by atoms with Crippen LogP contribution in [-0.2, 0) is 6.54 Å². The van der Waals surface area contributed by atoms with Crippen molar-refractivity contribution >= 4 is 21.6 Å². The summed E-state index contributed by atoms with van der Waals surface area (Å²) in [6.45, 7) is 4.07. The highest BCUT2D eigenvalue weighted by molar-refractivity contribution is 9.10. The topological polar surface area (TPSA) is 67.2 Å². The smallest absolute Gasteiger partial charge is 0.284 e. The fourth-order valence-corrected chi connectivity index (χ4v) is 1.86. The van der Waals surface area contributed by atoms with Gasteiger partial charge in [0, 0.05) is 12.1 Å². The minimum Gasteiger partial charge on any atom is -0.396 e. The Morgan fingerprint density at radius 2 is 2.33 bits per heavy atom. The van der Waals surface area contributed by atoms with Crippen molar-refractivity contribution in [1.29, 1.82) is 0 Å². The lowest BCUT2D eigenvalue weighted by Gasteiger charge is -2.27. The Morgan fingerprint density at radius 1 is 1.67 bits per heavy atom. The van der Waals surface area contributed by atoms with Gasteiger partial charge in [-0.1, -0.05) is 5.92 Å². The monoisotopic (exact) mass is 313 g/mol. The Balaban J connectivity index is 3.03. The summed E-state index contributed by atoms with van der Waals surface area (Å²) in [5, 5.41) is 16.1. The number of nitrogens with zero attached hydrogens (tertiary/aromatic N) is 2. The lowest BCUT2D eigenvalue weighted by atomic mass is 10.0. The molecule has 0 spiro atoms. The number of hydrogen-bond acceptors (Lipinski definition) is 4. The molecule has 0 saturated heterocycles. The van der Waals surface area contributed by atoms with Crippen LogP contribution in [0.25, 0.3) is 0 Å². The summed E-state index contributed by atoms with van der Waals surface area (Å²) in [6.07, 6.45) is 7.26. The highest BCUT2D eigenvalue weighted by Crippen LogP contribution is 2.22. The number of anilines is 1. The first-order chi connectivity index (χ1) is 8.41. The summed E-state index contributed by atoms with van der Waals surface area (Å²) < 4.78 is 1.59. The van der Waals surface area contributed by atoms with E-state index in [9.17, 15) is 4.79 Å². The van der Waals surface area contributed by atoms with E-state index in [1.165, 1.54) is 4.68 Å². The van der Waals surface area contributed by atoms with Gasteiger partial charge in [-0.05, 0) is 36.2 Å². The van der Waals surface area contributed by atoms with Crippen LogP contribution in [0.5, 0.6) is 0 Å². The molecule has 6 heteroatoms. The first kappa shape index (κ1) is 14.7. The Hall–Kier alpha value is -1.32.